The highest BCUT2D eigenvalue weighted by atomic mass is 79.9. The Morgan fingerprint density at radius 2 is 2.03 bits per heavy atom. The first-order chi connectivity index (χ1) is 16.5. The minimum Gasteiger partial charge on any atom is -0.494 e. The van der Waals surface area contributed by atoms with Crippen LogP contribution in [0.2, 0.25) is 0 Å². The average Bonchev–Trinajstić information content (AvgIpc) is 3.28. The molecule has 0 radical (unpaired) electrons. The van der Waals surface area contributed by atoms with Crippen LogP contribution in [0.3, 0.4) is 0 Å². The molecule has 10 heteroatoms. The predicted octanol–water partition coefficient (Wildman–Crippen LogP) is 5.24. The smallest absolute Gasteiger partial charge is 0.410 e. The van der Waals surface area contributed by atoms with Crippen LogP contribution >= 0.6 is 15.9 Å². The van der Waals surface area contributed by atoms with Gasteiger partial charge in [0, 0.05) is 17.1 Å². The largest absolute Gasteiger partial charge is 0.494 e. The number of nitriles is 1. The topological polar surface area (TPSA) is 97.4 Å². The van der Waals surface area contributed by atoms with E-state index in [1.807, 2.05) is 6.07 Å². The molecule has 0 N–H and O–H groups in total. The number of benzene rings is 2. The van der Waals surface area contributed by atoms with Gasteiger partial charge in [-0.05, 0) is 73.8 Å². The number of fused-ring (bicyclic) bond motifs is 1. The number of ether oxygens (including phenoxy) is 2. The van der Waals surface area contributed by atoms with Crippen LogP contribution in [0.15, 0.2) is 39.6 Å². The molecule has 1 aromatic heterocycles. The molecule has 35 heavy (non-hydrogen) atoms. The van der Waals surface area contributed by atoms with Crippen molar-refractivity contribution in [2.75, 3.05) is 13.7 Å². The molecule has 0 spiro atoms. The Bertz CT molecular complexity index is 1420. The van der Waals surface area contributed by atoms with Crippen LogP contribution in [0.4, 0.5) is 9.18 Å². The number of carbonyl (C=O) groups excluding carboxylic acids is 1. The van der Waals surface area contributed by atoms with Gasteiger partial charge in [0.15, 0.2) is 11.6 Å². The van der Waals surface area contributed by atoms with Gasteiger partial charge in [0.05, 0.1) is 41.4 Å². The van der Waals surface area contributed by atoms with Crippen LogP contribution in [0.25, 0.3) is 16.6 Å². The van der Waals surface area contributed by atoms with Gasteiger partial charge in [-0.1, -0.05) is 0 Å². The van der Waals surface area contributed by atoms with Crippen molar-refractivity contribution in [3.8, 4) is 17.5 Å². The van der Waals surface area contributed by atoms with E-state index in [2.05, 4.69) is 15.9 Å². The number of halogens is 2. The van der Waals surface area contributed by atoms with E-state index in [0.717, 1.165) is 0 Å². The summed E-state index contributed by atoms with van der Waals surface area (Å²) >= 11 is 3.42. The van der Waals surface area contributed by atoms with Crippen molar-refractivity contribution in [3.05, 3.63) is 62.4 Å². The lowest BCUT2D eigenvalue weighted by Gasteiger charge is -2.29. The molecular weight excluding hydrogens is 519 g/mol. The highest BCUT2D eigenvalue weighted by Crippen LogP contribution is 2.35. The first-order valence-corrected chi connectivity index (χ1v) is 11.8. The summed E-state index contributed by atoms with van der Waals surface area (Å²) in [6.07, 6.45) is 0.716. The van der Waals surface area contributed by atoms with Crippen molar-refractivity contribution >= 4 is 32.9 Å². The zero-order valence-electron chi connectivity index (χ0n) is 19.8. The summed E-state index contributed by atoms with van der Waals surface area (Å²) in [5.41, 5.74) is -0.322. The first-order valence-electron chi connectivity index (χ1n) is 11.0. The van der Waals surface area contributed by atoms with Crippen molar-refractivity contribution < 1.29 is 18.7 Å². The molecule has 1 aliphatic rings. The summed E-state index contributed by atoms with van der Waals surface area (Å²) < 4.78 is 27.0. The van der Waals surface area contributed by atoms with E-state index in [4.69, 9.17) is 14.5 Å². The average molecular weight is 543 g/mol. The monoisotopic (exact) mass is 542 g/mol. The fourth-order valence-corrected chi connectivity index (χ4v) is 4.72. The molecular formula is C25H24BrFN4O4. The number of amides is 1. The van der Waals surface area contributed by atoms with E-state index in [1.54, 1.807) is 37.8 Å². The summed E-state index contributed by atoms with van der Waals surface area (Å²) in [5, 5.41) is 9.58. The van der Waals surface area contributed by atoms with Crippen LogP contribution < -0.4 is 10.3 Å². The maximum atomic E-state index is 14.7. The second kappa shape index (κ2) is 9.30. The van der Waals surface area contributed by atoms with Crippen molar-refractivity contribution in [2.45, 2.75) is 45.3 Å². The number of hydrogen-bond acceptors (Lipinski definition) is 6. The fourth-order valence-electron chi connectivity index (χ4n) is 4.17. The van der Waals surface area contributed by atoms with E-state index in [0.29, 0.717) is 29.4 Å². The van der Waals surface area contributed by atoms with Gasteiger partial charge in [-0.25, -0.2) is 14.2 Å². The molecule has 0 aliphatic carbocycles. The third kappa shape index (κ3) is 4.73. The highest BCUT2D eigenvalue weighted by molar-refractivity contribution is 9.10. The van der Waals surface area contributed by atoms with Crippen LogP contribution in [-0.2, 0) is 4.74 Å². The van der Waals surface area contributed by atoms with Gasteiger partial charge in [0.1, 0.15) is 11.4 Å². The van der Waals surface area contributed by atoms with Gasteiger partial charge in [-0.3, -0.25) is 14.3 Å². The van der Waals surface area contributed by atoms with Crippen LogP contribution in [0.5, 0.6) is 5.75 Å². The molecule has 182 valence electrons. The number of rotatable bonds is 3. The zero-order valence-corrected chi connectivity index (χ0v) is 21.3. The minimum absolute atomic E-state index is 0.0304. The lowest BCUT2D eigenvalue weighted by molar-refractivity contribution is 0.0216. The van der Waals surface area contributed by atoms with Crippen LogP contribution in [-0.4, -0.2) is 39.8 Å². The fraction of sp³-hybridized carbons (Fsp3) is 0.360. The molecule has 0 saturated carbocycles. The van der Waals surface area contributed by atoms with Crippen molar-refractivity contribution in [1.29, 1.82) is 5.26 Å². The minimum atomic E-state index is -0.698. The summed E-state index contributed by atoms with van der Waals surface area (Å²) in [5.74, 6) is -0.339. The Balaban J connectivity index is 1.98. The maximum absolute atomic E-state index is 14.7. The van der Waals surface area contributed by atoms with Crippen molar-refractivity contribution in [2.24, 2.45) is 0 Å². The Hall–Kier alpha value is -3.45. The maximum Gasteiger partial charge on any atom is 0.410 e. The standard InChI is InChI=1S/C25H24BrFN4O4/c1-25(2,3)35-24(33)30-9-5-6-19(30)22-29-21-16(10-14(13-28)11-17(21)26)23(32)31(22)15-7-8-20(34-4)18(27)12-15/h7-8,10-12,19H,5-6,9H2,1-4H3/t19-/m1/s1. The Morgan fingerprint density at radius 3 is 2.66 bits per heavy atom. The van der Waals surface area contributed by atoms with Gasteiger partial charge in [-0.15, -0.1) is 0 Å². The van der Waals surface area contributed by atoms with Crippen molar-refractivity contribution in [1.82, 2.24) is 14.5 Å². The summed E-state index contributed by atoms with van der Waals surface area (Å²) in [7, 11) is 1.35. The lowest BCUT2D eigenvalue weighted by Crippen LogP contribution is -2.38. The van der Waals surface area contributed by atoms with Crippen LogP contribution in [0, 0.1) is 17.1 Å². The molecule has 1 amide bonds. The third-order valence-corrected chi connectivity index (χ3v) is 6.26. The number of methoxy groups -OCH3 is 1. The molecule has 0 bridgehead atoms. The molecule has 4 rings (SSSR count). The lowest BCUT2D eigenvalue weighted by atomic mass is 10.1. The summed E-state index contributed by atoms with van der Waals surface area (Å²) in [6.45, 7) is 5.78. The molecule has 2 heterocycles. The SMILES string of the molecule is COc1ccc(-n2c([C@H]3CCCN3C(=O)OC(C)(C)C)nc3c(Br)cc(C#N)cc3c2=O)cc1F. The summed E-state index contributed by atoms with van der Waals surface area (Å²) in [6, 6.07) is 8.65. The molecule has 1 aliphatic heterocycles. The van der Waals surface area contributed by atoms with Crippen molar-refractivity contribution in [3.63, 3.8) is 0 Å². The highest BCUT2D eigenvalue weighted by Gasteiger charge is 2.36. The van der Waals surface area contributed by atoms with E-state index in [9.17, 15) is 19.2 Å². The van der Waals surface area contributed by atoms with E-state index >= 15 is 0 Å². The predicted molar refractivity (Wildman–Crippen MR) is 131 cm³/mol. The van der Waals surface area contributed by atoms with Gasteiger partial charge >= 0.3 is 6.09 Å². The third-order valence-electron chi connectivity index (χ3n) is 5.65. The summed E-state index contributed by atoms with van der Waals surface area (Å²) in [4.78, 5) is 33.1. The quantitative estimate of drug-likeness (QED) is 0.448. The zero-order chi connectivity index (χ0) is 25.5. The van der Waals surface area contributed by atoms with E-state index in [-0.39, 0.29) is 28.2 Å². The second-order valence-electron chi connectivity index (χ2n) is 9.23. The molecule has 0 unspecified atom stereocenters. The van der Waals surface area contributed by atoms with Crippen LogP contribution in [0.1, 0.15) is 51.0 Å². The second-order valence-corrected chi connectivity index (χ2v) is 10.1. The molecule has 1 saturated heterocycles. The Morgan fingerprint density at radius 1 is 1.29 bits per heavy atom. The van der Waals surface area contributed by atoms with Gasteiger partial charge in [-0.2, -0.15) is 5.26 Å². The first kappa shape index (κ1) is 24.7. The number of carbonyl (C=O) groups is 1. The number of nitrogens with zero attached hydrogens (tertiary/aromatic N) is 4. The molecule has 3 aromatic rings. The van der Waals surface area contributed by atoms with Gasteiger partial charge in [0.25, 0.3) is 5.56 Å². The molecule has 2 aromatic carbocycles. The Labute approximate surface area is 210 Å². The molecule has 8 nitrogen and oxygen atoms in total. The van der Waals surface area contributed by atoms with E-state index in [1.165, 1.54) is 29.9 Å². The number of hydrogen-bond donors (Lipinski definition) is 0. The van der Waals surface area contributed by atoms with Gasteiger partial charge < -0.3 is 9.47 Å². The molecule has 1 atom stereocenters. The number of likely N-dealkylation sites (tertiary alicyclic amines) is 1. The molecule has 1 fully saturated rings. The van der Waals surface area contributed by atoms with E-state index < -0.39 is 29.1 Å². The number of aromatic nitrogens is 2. The Kier molecular flexibility index (Phi) is 6.56. The van der Waals surface area contributed by atoms with Gasteiger partial charge in [0.2, 0.25) is 0 Å². The normalized spacial score (nSPS) is 15.8.